The molecule has 1 aliphatic heterocycles. The fourth-order valence-electron chi connectivity index (χ4n) is 1.87. The average Bonchev–Trinajstić information content (AvgIpc) is 2.12. The maximum absolute atomic E-state index is 11.9. The van der Waals surface area contributed by atoms with Crippen LogP contribution in [0.3, 0.4) is 0 Å². The van der Waals surface area contributed by atoms with Crippen molar-refractivity contribution in [2.24, 2.45) is 0 Å². The number of rotatable bonds is 2. The molecule has 0 aromatic heterocycles. The maximum Gasteiger partial charge on any atom is 0.248 e. The molecule has 1 rings (SSSR count). The molecule has 0 unspecified atom stereocenters. The van der Waals surface area contributed by atoms with Gasteiger partial charge in [-0.2, -0.15) is 0 Å². The molecule has 0 aliphatic carbocycles. The molecule has 3 heteroatoms. The van der Waals surface area contributed by atoms with E-state index in [0.717, 1.165) is 25.9 Å². The van der Waals surface area contributed by atoms with Gasteiger partial charge in [-0.05, 0) is 33.6 Å². The number of hydrogen-bond acceptors (Lipinski definition) is 2. The molecule has 0 aromatic carbocycles. The van der Waals surface area contributed by atoms with Gasteiger partial charge in [0.15, 0.2) is 0 Å². The molecule has 1 heterocycles. The van der Waals surface area contributed by atoms with Gasteiger partial charge in [0.1, 0.15) is 6.61 Å². The lowest BCUT2D eigenvalue weighted by Crippen LogP contribution is -2.38. The lowest BCUT2D eigenvalue weighted by Gasteiger charge is -2.27. The van der Waals surface area contributed by atoms with Crippen LogP contribution in [0.25, 0.3) is 0 Å². The van der Waals surface area contributed by atoms with Crippen molar-refractivity contribution in [3.8, 4) is 0 Å². The first-order chi connectivity index (χ1) is 7.49. The number of hydrogen-bond donors (Lipinski definition) is 0. The van der Waals surface area contributed by atoms with Crippen molar-refractivity contribution in [2.45, 2.75) is 58.5 Å². The Kier molecular flexibility index (Phi) is 5.26. The minimum atomic E-state index is -0.224. The molecule has 0 N–H and O–H groups in total. The zero-order valence-corrected chi connectivity index (χ0v) is 10.9. The van der Waals surface area contributed by atoms with E-state index in [-0.39, 0.29) is 18.1 Å². The molecule has 1 aliphatic rings. The average molecular weight is 227 g/mol. The molecule has 0 spiro atoms. The summed E-state index contributed by atoms with van der Waals surface area (Å²) in [5, 5.41) is 0. The number of carbonyl (C=O) groups is 1. The second kappa shape index (κ2) is 6.24. The highest BCUT2D eigenvalue weighted by Gasteiger charge is 2.18. The summed E-state index contributed by atoms with van der Waals surface area (Å²) in [6.07, 6.45) is 6.11. The second-order valence-electron chi connectivity index (χ2n) is 5.55. The summed E-state index contributed by atoms with van der Waals surface area (Å²) >= 11 is 0. The Hall–Kier alpha value is -0.570. The fourth-order valence-corrected chi connectivity index (χ4v) is 1.87. The van der Waals surface area contributed by atoms with Gasteiger partial charge >= 0.3 is 0 Å². The number of amides is 1. The van der Waals surface area contributed by atoms with Crippen molar-refractivity contribution in [1.82, 2.24) is 4.90 Å². The van der Waals surface area contributed by atoms with Gasteiger partial charge in [-0.25, -0.2) is 0 Å². The van der Waals surface area contributed by atoms with Crippen LogP contribution in [0.2, 0.25) is 0 Å². The van der Waals surface area contributed by atoms with Gasteiger partial charge in [0.2, 0.25) is 5.91 Å². The summed E-state index contributed by atoms with van der Waals surface area (Å²) in [4.78, 5) is 13.9. The molecule has 16 heavy (non-hydrogen) atoms. The van der Waals surface area contributed by atoms with E-state index < -0.39 is 0 Å². The second-order valence-corrected chi connectivity index (χ2v) is 5.55. The fraction of sp³-hybridized carbons (Fsp3) is 0.923. The highest BCUT2D eigenvalue weighted by atomic mass is 16.5. The van der Waals surface area contributed by atoms with Crippen molar-refractivity contribution in [2.75, 3.05) is 19.7 Å². The van der Waals surface area contributed by atoms with Crippen LogP contribution >= 0.6 is 0 Å². The van der Waals surface area contributed by atoms with E-state index >= 15 is 0 Å². The van der Waals surface area contributed by atoms with Crippen LogP contribution in [-0.4, -0.2) is 36.1 Å². The van der Waals surface area contributed by atoms with E-state index in [4.69, 9.17) is 4.74 Å². The monoisotopic (exact) mass is 227 g/mol. The summed E-state index contributed by atoms with van der Waals surface area (Å²) in [5.74, 6) is 0.150. The van der Waals surface area contributed by atoms with Gasteiger partial charge < -0.3 is 9.64 Å². The zero-order valence-electron chi connectivity index (χ0n) is 10.9. The zero-order chi connectivity index (χ0) is 12.0. The molecule has 3 nitrogen and oxygen atoms in total. The third-order valence-corrected chi connectivity index (χ3v) is 2.84. The third-order valence-electron chi connectivity index (χ3n) is 2.84. The molecule has 0 bridgehead atoms. The Morgan fingerprint density at radius 3 is 2.06 bits per heavy atom. The molecular formula is C13H25NO2. The van der Waals surface area contributed by atoms with Crippen molar-refractivity contribution in [1.29, 1.82) is 0 Å². The summed E-state index contributed by atoms with van der Waals surface area (Å²) in [7, 11) is 0. The molecule has 94 valence electrons. The van der Waals surface area contributed by atoms with Gasteiger partial charge in [-0.1, -0.05) is 19.3 Å². The Morgan fingerprint density at radius 1 is 1.06 bits per heavy atom. The van der Waals surface area contributed by atoms with Crippen molar-refractivity contribution < 1.29 is 9.53 Å². The Morgan fingerprint density at radius 2 is 1.56 bits per heavy atom. The molecule has 0 radical (unpaired) electrons. The van der Waals surface area contributed by atoms with E-state index in [1.54, 1.807) is 0 Å². The smallest absolute Gasteiger partial charge is 0.248 e. The Labute approximate surface area is 99.1 Å². The number of nitrogens with zero attached hydrogens (tertiary/aromatic N) is 1. The SMILES string of the molecule is CC(C)(C)OCC(=O)N1CCCCCCC1. The number of carbonyl (C=O) groups excluding carboxylic acids is 1. The van der Waals surface area contributed by atoms with Crippen LogP contribution in [0.4, 0.5) is 0 Å². The van der Waals surface area contributed by atoms with Crippen LogP contribution in [0, 0.1) is 0 Å². The summed E-state index contributed by atoms with van der Waals surface area (Å²) in [5.41, 5.74) is -0.224. The molecule has 1 fully saturated rings. The molecule has 1 saturated heterocycles. The number of ether oxygens (including phenoxy) is 1. The van der Waals surface area contributed by atoms with E-state index in [1.807, 2.05) is 25.7 Å². The van der Waals surface area contributed by atoms with E-state index in [1.165, 1.54) is 19.3 Å². The summed E-state index contributed by atoms with van der Waals surface area (Å²) in [6.45, 7) is 7.98. The van der Waals surface area contributed by atoms with Crippen LogP contribution in [0.15, 0.2) is 0 Å². The van der Waals surface area contributed by atoms with Crippen molar-refractivity contribution in [3.63, 3.8) is 0 Å². The Balaban J connectivity index is 2.33. The molecule has 0 atom stereocenters. The summed E-state index contributed by atoms with van der Waals surface area (Å²) in [6, 6.07) is 0. The minimum absolute atomic E-state index is 0.150. The predicted octanol–water partition coefficient (Wildman–Crippen LogP) is 2.59. The largest absolute Gasteiger partial charge is 0.366 e. The highest BCUT2D eigenvalue weighted by molar-refractivity contribution is 5.77. The molecular weight excluding hydrogens is 202 g/mol. The van der Waals surface area contributed by atoms with Crippen molar-refractivity contribution in [3.05, 3.63) is 0 Å². The standard InChI is InChI=1S/C13H25NO2/c1-13(2,3)16-11-12(15)14-9-7-5-4-6-8-10-14/h4-11H2,1-3H3. The van der Waals surface area contributed by atoms with Crippen molar-refractivity contribution >= 4 is 5.91 Å². The topological polar surface area (TPSA) is 29.5 Å². The van der Waals surface area contributed by atoms with Crippen LogP contribution in [0.1, 0.15) is 52.9 Å². The molecule has 0 saturated carbocycles. The highest BCUT2D eigenvalue weighted by Crippen LogP contribution is 2.12. The maximum atomic E-state index is 11.9. The molecule has 1 amide bonds. The Bertz CT molecular complexity index is 212. The third kappa shape index (κ3) is 5.50. The van der Waals surface area contributed by atoms with Crippen LogP contribution in [0.5, 0.6) is 0 Å². The van der Waals surface area contributed by atoms with Gasteiger partial charge in [0.25, 0.3) is 0 Å². The summed E-state index contributed by atoms with van der Waals surface area (Å²) < 4.78 is 5.53. The predicted molar refractivity (Wildman–Crippen MR) is 65.4 cm³/mol. The first-order valence-electron chi connectivity index (χ1n) is 6.41. The van der Waals surface area contributed by atoms with Gasteiger partial charge in [-0.15, -0.1) is 0 Å². The molecule has 0 aromatic rings. The van der Waals surface area contributed by atoms with Crippen LogP contribution < -0.4 is 0 Å². The number of likely N-dealkylation sites (tertiary alicyclic amines) is 1. The van der Waals surface area contributed by atoms with E-state index in [0.29, 0.717) is 0 Å². The lowest BCUT2D eigenvalue weighted by molar-refractivity contribution is -0.141. The van der Waals surface area contributed by atoms with E-state index in [9.17, 15) is 4.79 Å². The van der Waals surface area contributed by atoms with E-state index in [2.05, 4.69) is 0 Å². The first-order valence-corrected chi connectivity index (χ1v) is 6.41. The minimum Gasteiger partial charge on any atom is -0.366 e. The lowest BCUT2D eigenvalue weighted by atomic mass is 10.1. The normalized spacial score (nSPS) is 19.1. The van der Waals surface area contributed by atoms with Gasteiger partial charge in [-0.3, -0.25) is 4.79 Å². The van der Waals surface area contributed by atoms with Gasteiger partial charge in [0.05, 0.1) is 5.60 Å². The quantitative estimate of drug-likeness (QED) is 0.725. The first kappa shape index (κ1) is 13.5. The van der Waals surface area contributed by atoms with Crippen LogP contribution in [-0.2, 0) is 9.53 Å². The van der Waals surface area contributed by atoms with Gasteiger partial charge in [0, 0.05) is 13.1 Å².